The van der Waals surface area contributed by atoms with Crippen molar-refractivity contribution in [2.75, 3.05) is 13.3 Å². The van der Waals surface area contributed by atoms with Crippen molar-refractivity contribution >= 4 is 21.7 Å². The standard InChI is InChI=1S/C23H19F3N2O6S/c1-13-8-20(23(31)28-12-34-11-21(29)30)27-10-18(13)22(17-9-15(25)4-7-19(17)26)35(32,33)16-5-2-14(24)3-6-16/h2-10,22H,11-12H2,1H3,(H,28,31)(H,29,30). The Morgan fingerprint density at radius 2 is 1.69 bits per heavy atom. The van der Waals surface area contributed by atoms with Gasteiger partial charge in [0.2, 0.25) is 0 Å². The number of aliphatic carboxylic acids is 1. The highest BCUT2D eigenvalue weighted by Crippen LogP contribution is 2.38. The normalized spacial score (nSPS) is 12.2. The highest BCUT2D eigenvalue weighted by Gasteiger charge is 2.35. The number of halogens is 3. The average molecular weight is 508 g/mol. The van der Waals surface area contributed by atoms with Gasteiger partial charge in [0.25, 0.3) is 5.91 Å². The van der Waals surface area contributed by atoms with E-state index in [0.717, 1.165) is 48.7 Å². The topological polar surface area (TPSA) is 123 Å². The van der Waals surface area contributed by atoms with Gasteiger partial charge in [-0.2, -0.15) is 0 Å². The van der Waals surface area contributed by atoms with Crippen LogP contribution in [0.4, 0.5) is 13.2 Å². The zero-order valence-corrected chi connectivity index (χ0v) is 19.0. The van der Waals surface area contributed by atoms with Gasteiger partial charge in [0, 0.05) is 11.8 Å². The number of carbonyl (C=O) groups excluding carboxylic acids is 1. The van der Waals surface area contributed by atoms with Gasteiger partial charge >= 0.3 is 5.97 Å². The molecule has 0 fully saturated rings. The minimum absolute atomic E-state index is 0.0301. The third kappa shape index (κ3) is 6.03. The Kier molecular flexibility index (Phi) is 7.87. The lowest BCUT2D eigenvalue weighted by Crippen LogP contribution is -2.28. The summed E-state index contributed by atoms with van der Waals surface area (Å²) in [5.41, 5.74) is -0.449. The van der Waals surface area contributed by atoms with Gasteiger partial charge in [-0.25, -0.2) is 26.4 Å². The summed E-state index contributed by atoms with van der Waals surface area (Å²) < 4.78 is 73.9. The van der Waals surface area contributed by atoms with Crippen LogP contribution in [-0.4, -0.2) is 43.7 Å². The highest BCUT2D eigenvalue weighted by atomic mass is 32.2. The monoisotopic (exact) mass is 508 g/mol. The number of aryl methyl sites for hydroxylation is 1. The van der Waals surface area contributed by atoms with E-state index in [1.54, 1.807) is 0 Å². The van der Waals surface area contributed by atoms with Crippen LogP contribution in [0.2, 0.25) is 0 Å². The first kappa shape index (κ1) is 25.8. The summed E-state index contributed by atoms with van der Waals surface area (Å²) in [7, 11) is -4.43. The van der Waals surface area contributed by atoms with Crippen LogP contribution in [-0.2, 0) is 19.4 Å². The molecule has 3 rings (SSSR count). The lowest BCUT2D eigenvalue weighted by Gasteiger charge is -2.21. The molecule has 184 valence electrons. The van der Waals surface area contributed by atoms with Crippen LogP contribution in [0.25, 0.3) is 0 Å². The largest absolute Gasteiger partial charge is 0.480 e. The summed E-state index contributed by atoms with van der Waals surface area (Å²) in [6, 6.07) is 7.50. The molecule has 0 saturated carbocycles. The third-order valence-electron chi connectivity index (χ3n) is 4.92. The minimum atomic E-state index is -4.43. The second-order valence-electron chi connectivity index (χ2n) is 7.36. The average Bonchev–Trinajstić information content (AvgIpc) is 2.80. The summed E-state index contributed by atoms with van der Waals surface area (Å²) in [6.45, 7) is 0.413. The van der Waals surface area contributed by atoms with Crippen LogP contribution >= 0.6 is 0 Å². The molecule has 2 aromatic carbocycles. The van der Waals surface area contributed by atoms with E-state index in [0.29, 0.717) is 0 Å². The molecular formula is C23H19F3N2O6S. The quantitative estimate of drug-likeness (QED) is 0.259. The maximum Gasteiger partial charge on any atom is 0.329 e. The Labute approximate surface area is 198 Å². The smallest absolute Gasteiger partial charge is 0.329 e. The number of benzene rings is 2. The number of ether oxygens (including phenoxy) is 1. The van der Waals surface area contributed by atoms with Gasteiger partial charge in [-0.1, -0.05) is 0 Å². The first-order valence-electron chi connectivity index (χ1n) is 9.99. The molecule has 35 heavy (non-hydrogen) atoms. The van der Waals surface area contributed by atoms with Gasteiger partial charge in [0.1, 0.15) is 41.7 Å². The number of nitrogens with zero attached hydrogens (tertiary/aromatic N) is 1. The van der Waals surface area contributed by atoms with Crippen LogP contribution in [0.3, 0.4) is 0 Å². The lowest BCUT2D eigenvalue weighted by atomic mass is 10.0. The molecule has 12 heteroatoms. The van der Waals surface area contributed by atoms with Crippen molar-refractivity contribution in [1.29, 1.82) is 0 Å². The number of nitrogens with one attached hydrogen (secondary N) is 1. The van der Waals surface area contributed by atoms with Gasteiger partial charge in [0.15, 0.2) is 9.84 Å². The molecule has 8 nitrogen and oxygen atoms in total. The number of hydrogen-bond donors (Lipinski definition) is 2. The van der Waals surface area contributed by atoms with Gasteiger partial charge in [-0.15, -0.1) is 0 Å². The van der Waals surface area contributed by atoms with Gasteiger partial charge in [-0.3, -0.25) is 9.78 Å². The maximum atomic E-state index is 14.8. The van der Waals surface area contributed by atoms with Crippen LogP contribution in [0.15, 0.2) is 59.6 Å². The van der Waals surface area contributed by atoms with Crippen molar-refractivity contribution in [3.05, 3.63) is 94.6 Å². The number of carbonyl (C=O) groups is 2. The minimum Gasteiger partial charge on any atom is -0.480 e. The van der Waals surface area contributed by atoms with Crippen molar-refractivity contribution in [3.63, 3.8) is 0 Å². The zero-order valence-electron chi connectivity index (χ0n) is 18.2. The molecule has 0 radical (unpaired) electrons. The number of carboxylic acids is 1. The molecule has 1 atom stereocenters. The van der Waals surface area contributed by atoms with E-state index in [1.165, 1.54) is 13.0 Å². The Bertz CT molecular complexity index is 1360. The molecule has 0 spiro atoms. The van der Waals surface area contributed by atoms with Gasteiger partial charge in [-0.05, 0) is 66.6 Å². The molecule has 1 heterocycles. The van der Waals surface area contributed by atoms with Crippen molar-refractivity contribution < 1.29 is 41.0 Å². The summed E-state index contributed by atoms with van der Waals surface area (Å²) in [6.07, 6.45) is 1.05. The molecular weight excluding hydrogens is 489 g/mol. The van der Waals surface area contributed by atoms with Crippen LogP contribution < -0.4 is 5.32 Å². The molecule has 0 aliphatic rings. The number of hydrogen-bond acceptors (Lipinski definition) is 6. The van der Waals surface area contributed by atoms with E-state index in [9.17, 15) is 31.2 Å². The maximum absolute atomic E-state index is 14.8. The van der Waals surface area contributed by atoms with Crippen LogP contribution in [0.1, 0.15) is 32.4 Å². The van der Waals surface area contributed by atoms with E-state index in [4.69, 9.17) is 9.84 Å². The third-order valence-corrected chi connectivity index (χ3v) is 6.98. The highest BCUT2D eigenvalue weighted by molar-refractivity contribution is 7.92. The predicted octanol–water partition coefficient (Wildman–Crippen LogP) is 3.16. The predicted molar refractivity (Wildman–Crippen MR) is 117 cm³/mol. The zero-order chi connectivity index (χ0) is 25.8. The van der Waals surface area contributed by atoms with Crippen LogP contribution in [0.5, 0.6) is 0 Å². The number of rotatable bonds is 9. The van der Waals surface area contributed by atoms with E-state index in [2.05, 4.69) is 10.3 Å². The molecule has 1 aromatic heterocycles. The van der Waals surface area contributed by atoms with Crippen molar-refractivity contribution in [3.8, 4) is 0 Å². The molecule has 0 bridgehead atoms. The fraction of sp³-hybridized carbons (Fsp3) is 0.174. The molecule has 0 aliphatic carbocycles. The Balaban J connectivity index is 2.04. The van der Waals surface area contributed by atoms with Crippen molar-refractivity contribution in [2.45, 2.75) is 17.1 Å². The second-order valence-corrected chi connectivity index (χ2v) is 9.40. The van der Waals surface area contributed by atoms with Gasteiger partial charge < -0.3 is 15.2 Å². The first-order chi connectivity index (χ1) is 16.5. The summed E-state index contributed by atoms with van der Waals surface area (Å²) in [4.78, 5) is 26.4. The summed E-state index contributed by atoms with van der Waals surface area (Å²) >= 11 is 0. The summed E-state index contributed by atoms with van der Waals surface area (Å²) in [5.74, 6) is -4.50. The lowest BCUT2D eigenvalue weighted by molar-refractivity contribution is -0.142. The summed E-state index contributed by atoms with van der Waals surface area (Å²) in [5, 5.41) is 9.07. The second kappa shape index (κ2) is 10.7. The fourth-order valence-corrected chi connectivity index (χ4v) is 5.17. The van der Waals surface area contributed by atoms with E-state index in [1.807, 2.05) is 0 Å². The Morgan fingerprint density at radius 3 is 2.31 bits per heavy atom. The molecule has 1 amide bonds. The number of aromatic nitrogens is 1. The van der Waals surface area contributed by atoms with Gasteiger partial charge in [0.05, 0.1) is 4.90 Å². The van der Waals surface area contributed by atoms with Crippen molar-refractivity contribution in [1.82, 2.24) is 10.3 Å². The SMILES string of the molecule is Cc1cc(C(=O)NCOCC(=O)O)ncc1C(c1cc(F)ccc1F)S(=O)(=O)c1ccc(F)cc1. The number of amides is 1. The molecule has 2 N–H and O–H groups in total. The molecule has 1 unspecified atom stereocenters. The first-order valence-corrected chi connectivity index (χ1v) is 11.5. The Morgan fingerprint density at radius 1 is 1.03 bits per heavy atom. The number of sulfone groups is 1. The van der Waals surface area contributed by atoms with Crippen molar-refractivity contribution in [2.24, 2.45) is 0 Å². The number of pyridine rings is 1. The van der Waals surface area contributed by atoms with E-state index < -0.39 is 63.3 Å². The van der Waals surface area contributed by atoms with Crippen LogP contribution in [0, 0.1) is 24.4 Å². The van der Waals surface area contributed by atoms with E-state index in [-0.39, 0.29) is 21.7 Å². The molecule has 3 aromatic rings. The Hall–Kier alpha value is -3.77. The fourth-order valence-electron chi connectivity index (χ4n) is 3.29. The molecule has 0 aliphatic heterocycles. The molecule has 0 saturated heterocycles. The number of carboxylic acid groups (broad SMARTS) is 1. The van der Waals surface area contributed by atoms with E-state index >= 15 is 0 Å².